The fourth-order valence-electron chi connectivity index (χ4n) is 1.97. The van der Waals surface area contributed by atoms with Gasteiger partial charge in [-0.3, -0.25) is 0 Å². The number of nitrogens with two attached hydrogens (primary N) is 1. The van der Waals surface area contributed by atoms with Crippen LogP contribution in [0.5, 0.6) is 5.75 Å². The van der Waals surface area contributed by atoms with Crippen LogP contribution in [0, 0.1) is 0 Å². The lowest BCUT2D eigenvalue weighted by molar-refractivity contribution is 0.0527. The molecule has 0 bridgehead atoms. The average molecular weight is 321 g/mol. The number of hydrogen-bond acceptors (Lipinski definition) is 5. The van der Waals surface area contributed by atoms with Gasteiger partial charge in [-0.05, 0) is 43.3 Å². The fraction of sp³-hybridized carbons (Fsp3) is 0.188. The second-order valence-corrected chi connectivity index (χ2v) is 4.93. The van der Waals surface area contributed by atoms with Gasteiger partial charge >= 0.3 is 5.97 Å². The number of carbonyl (C=O) groups is 1. The van der Waals surface area contributed by atoms with Crippen LogP contribution in [-0.2, 0) is 4.74 Å². The second-order valence-electron chi connectivity index (χ2n) is 4.50. The average Bonchev–Trinajstić information content (AvgIpc) is 2.49. The van der Waals surface area contributed by atoms with E-state index in [9.17, 15) is 4.79 Å². The molecule has 0 aliphatic rings. The van der Waals surface area contributed by atoms with Gasteiger partial charge in [-0.2, -0.15) is 0 Å². The molecule has 0 radical (unpaired) electrons. The van der Waals surface area contributed by atoms with Crippen molar-refractivity contribution in [3.8, 4) is 5.75 Å². The van der Waals surface area contributed by atoms with Crippen molar-refractivity contribution in [1.29, 1.82) is 0 Å². The van der Waals surface area contributed by atoms with E-state index in [2.05, 4.69) is 5.32 Å². The summed E-state index contributed by atoms with van der Waals surface area (Å²) in [5.41, 5.74) is 7.79. The van der Waals surface area contributed by atoms with Crippen molar-refractivity contribution >= 4 is 34.6 Å². The van der Waals surface area contributed by atoms with Gasteiger partial charge in [0.15, 0.2) is 0 Å². The molecule has 5 nitrogen and oxygen atoms in total. The molecule has 0 unspecified atom stereocenters. The second kappa shape index (κ2) is 7.04. The highest BCUT2D eigenvalue weighted by atomic mass is 35.5. The molecule has 3 N–H and O–H groups in total. The molecule has 0 saturated heterocycles. The summed E-state index contributed by atoms with van der Waals surface area (Å²) in [6.45, 7) is 2.03. The van der Waals surface area contributed by atoms with E-state index < -0.39 is 5.97 Å². The SMILES string of the molecule is CCOC(=O)c1cc(N)ccc1Nc1cc(Cl)ccc1OC. The van der Waals surface area contributed by atoms with E-state index in [4.69, 9.17) is 26.8 Å². The summed E-state index contributed by atoms with van der Waals surface area (Å²) in [6.07, 6.45) is 0. The van der Waals surface area contributed by atoms with Crippen LogP contribution in [0.2, 0.25) is 5.02 Å². The Hall–Kier alpha value is -2.40. The molecule has 0 aliphatic carbocycles. The number of esters is 1. The van der Waals surface area contributed by atoms with Crippen LogP contribution in [0.3, 0.4) is 0 Å². The Labute approximate surface area is 134 Å². The van der Waals surface area contributed by atoms with E-state index in [1.165, 1.54) is 0 Å². The number of halogens is 1. The van der Waals surface area contributed by atoms with Crippen molar-refractivity contribution in [1.82, 2.24) is 0 Å². The van der Waals surface area contributed by atoms with Crippen LogP contribution in [0.1, 0.15) is 17.3 Å². The minimum atomic E-state index is -0.446. The molecular formula is C16H17ClN2O3. The number of nitrogen functional groups attached to an aromatic ring is 1. The summed E-state index contributed by atoms with van der Waals surface area (Å²) in [4.78, 5) is 12.1. The number of hydrogen-bond donors (Lipinski definition) is 2. The molecule has 0 spiro atoms. The monoisotopic (exact) mass is 320 g/mol. The highest BCUT2D eigenvalue weighted by Gasteiger charge is 2.15. The number of ether oxygens (including phenoxy) is 2. The van der Waals surface area contributed by atoms with Gasteiger partial charge < -0.3 is 20.5 Å². The molecule has 116 valence electrons. The van der Waals surface area contributed by atoms with Crippen LogP contribution in [0.4, 0.5) is 17.1 Å². The van der Waals surface area contributed by atoms with Crippen molar-refractivity contribution in [2.75, 3.05) is 24.8 Å². The van der Waals surface area contributed by atoms with Gasteiger partial charge in [0.2, 0.25) is 0 Å². The smallest absolute Gasteiger partial charge is 0.340 e. The van der Waals surface area contributed by atoms with E-state index in [1.54, 1.807) is 50.4 Å². The predicted molar refractivity (Wildman–Crippen MR) is 88.1 cm³/mol. The van der Waals surface area contributed by atoms with Crippen LogP contribution in [0.15, 0.2) is 36.4 Å². The summed E-state index contributed by atoms with van der Waals surface area (Å²) in [5, 5.41) is 3.69. The molecule has 2 aromatic carbocycles. The normalized spacial score (nSPS) is 10.1. The number of rotatable bonds is 5. The number of benzene rings is 2. The van der Waals surface area contributed by atoms with Gasteiger partial charge in [-0.15, -0.1) is 0 Å². The Morgan fingerprint density at radius 1 is 1.23 bits per heavy atom. The standard InChI is InChI=1S/C16H17ClN2O3/c1-3-22-16(20)12-9-11(18)5-6-13(12)19-14-8-10(17)4-7-15(14)21-2/h4-9,19H,3,18H2,1-2H3. The van der Waals surface area contributed by atoms with Crippen molar-refractivity contribution in [2.24, 2.45) is 0 Å². The molecular weight excluding hydrogens is 304 g/mol. The molecule has 2 aromatic rings. The Morgan fingerprint density at radius 3 is 2.68 bits per heavy atom. The first-order chi connectivity index (χ1) is 10.5. The maximum atomic E-state index is 12.1. The van der Waals surface area contributed by atoms with Gasteiger partial charge in [0.1, 0.15) is 5.75 Å². The van der Waals surface area contributed by atoms with Crippen LogP contribution in [-0.4, -0.2) is 19.7 Å². The maximum Gasteiger partial charge on any atom is 0.340 e. The highest BCUT2D eigenvalue weighted by Crippen LogP contribution is 2.32. The van der Waals surface area contributed by atoms with E-state index in [1.807, 2.05) is 0 Å². The number of anilines is 3. The predicted octanol–water partition coefficient (Wildman–Crippen LogP) is 3.85. The largest absolute Gasteiger partial charge is 0.495 e. The van der Waals surface area contributed by atoms with Crippen molar-refractivity contribution < 1.29 is 14.3 Å². The Morgan fingerprint density at radius 2 is 2.00 bits per heavy atom. The Bertz CT molecular complexity index is 689. The molecule has 0 fully saturated rings. The van der Waals surface area contributed by atoms with E-state index in [0.717, 1.165) is 0 Å². The molecule has 0 saturated carbocycles. The summed E-state index contributed by atoms with van der Waals surface area (Å²) in [5.74, 6) is 0.161. The molecule has 6 heteroatoms. The summed E-state index contributed by atoms with van der Waals surface area (Å²) in [6, 6.07) is 10.2. The molecule has 22 heavy (non-hydrogen) atoms. The van der Waals surface area contributed by atoms with E-state index in [-0.39, 0.29) is 6.61 Å². The van der Waals surface area contributed by atoms with Crippen molar-refractivity contribution in [3.63, 3.8) is 0 Å². The highest BCUT2D eigenvalue weighted by molar-refractivity contribution is 6.31. The van der Waals surface area contributed by atoms with Gasteiger partial charge in [0, 0.05) is 10.7 Å². The third-order valence-electron chi connectivity index (χ3n) is 2.97. The van der Waals surface area contributed by atoms with Crippen LogP contribution < -0.4 is 15.8 Å². The first kappa shape index (κ1) is 16.0. The van der Waals surface area contributed by atoms with E-state index in [0.29, 0.717) is 33.4 Å². The molecule has 0 aliphatic heterocycles. The van der Waals surface area contributed by atoms with Crippen LogP contribution >= 0.6 is 11.6 Å². The summed E-state index contributed by atoms with van der Waals surface area (Å²) >= 11 is 6.01. The Balaban J connectivity index is 2.41. The van der Waals surface area contributed by atoms with Gasteiger partial charge in [0.05, 0.1) is 30.7 Å². The van der Waals surface area contributed by atoms with Crippen molar-refractivity contribution in [2.45, 2.75) is 6.92 Å². The lowest BCUT2D eigenvalue weighted by Crippen LogP contribution is -2.09. The lowest BCUT2D eigenvalue weighted by Gasteiger charge is -2.15. The van der Waals surface area contributed by atoms with Crippen molar-refractivity contribution in [3.05, 3.63) is 47.0 Å². The first-order valence-electron chi connectivity index (χ1n) is 6.72. The molecule has 0 atom stereocenters. The topological polar surface area (TPSA) is 73.6 Å². The number of nitrogens with one attached hydrogen (secondary N) is 1. The van der Waals surface area contributed by atoms with Gasteiger partial charge in [-0.1, -0.05) is 11.6 Å². The van der Waals surface area contributed by atoms with Crippen LogP contribution in [0.25, 0.3) is 0 Å². The van der Waals surface area contributed by atoms with E-state index >= 15 is 0 Å². The fourth-order valence-corrected chi connectivity index (χ4v) is 2.14. The van der Waals surface area contributed by atoms with Gasteiger partial charge in [-0.25, -0.2) is 4.79 Å². The molecule has 0 aromatic heterocycles. The number of carbonyl (C=O) groups excluding carboxylic acids is 1. The Kier molecular flexibility index (Phi) is 5.12. The molecule has 0 amide bonds. The number of methoxy groups -OCH3 is 1. The minimum absolute atomic E-state index is 0.285. The summed E-state index contributed by atoms with van der Waals surface area (Å²) in [7, 11) is 1.56. The molecule has 0 heterocycles. The third kappa shape index (κ3) is 3.62. The summed E-state index contributed by atoms with van der Waals surface area (Å²) < 4.78 is 10.3. The lowest BCUT2D eigenvalue weighted by atomic mass is 10.1. The zero-order valence-electron chi connectivity index (χ0n) is 12.4. The first-order valence-corrected chi connectivity index (χ1v) is 7.10. The quantitative estimate of drug-likeness (QED) is 0.646. The molecule has 2 rings (SSSR count). The maximum absolute atomic E-state index is 12.1. The zero-order chi connectivity index (χ0) is 16.1. The minimum Gasteiger partial charge on any atom is -0.495 e. The third-order valence-corrected chi connectivity index (χ3v) is 3.20. The zero-order valence-corrected chi connectivity index (χ0v) is 13.1. The van der Waals surface area contributed by atoms with Gasteiger partial charge in [0.25, 0.3) is 0 Å².